The highest BCUT2D eigenvalue weighted by atomic mass is 16.5. The van der Waals surface area contributed by atoms with Crippen LogP contribution >= 0.6 is 0 Å². The van der Waals surface area contributed by atoms with Gasteiger partial charge in [-0.15, -0.1) is 0 Å². The van der Waals surface area contributed by atoms with E-state index in [4.69, 9.17) is 4.74 Å². The molecule has 0 unspecified atom stereocenters. The largest absolute Gasteiger partial charge is 0.497 e. The molecule has 0 aliphatic carbocycles. The van der Waals surface area contributed by atoms with Gasteiger partial charge in [-0.3, -0.25) is 4.90 Å². The van der Waals surface area contributed by atoms with Crippen LogP contribution in [-0.4, -0.2) is 58.8 Å². The van der Waals surface area contributed by atoms with Crippen LogP contribution in [0.1, 0.15) is 5.56 Å². The summed E-state index contributed by atoms with van der Waals surface area (Å²) < 4.78 is 5.33. The standard InChI is InChI=1S/C22H29N3O/c1-23(2)20-11-9-19(10-12-20)6-5-13-24-14-16-25(17-15-24)21-7-4-8-22(18-21)26-3/h4-12,18H,13-17H2,1-3H3/b6-5+. The fourth-order valence-corrected chi connectivity index (χ4v) is 3.22. The van der Waals surface area contributed by atoms with Crippen LogP contribution in [0.3, 0.4) is 0 Å². The smallest absolute Gasteiger partial charge is 0.120 e. The number of hydrogen-bond acceptors (Lipinski definition) is 4. The van der Waals surface area contributed by atoms with Crippen molar-refractivity contribution in [1.29, 1.82) is 0 Å². The van der Waals surface area contributed by atoms with Gasteiger partial charge in [0, 0.05) is 64.3 Å². The van der Waals surface area contributed by atoms with Gasteiger partial charge in [0.1, 0.15) is 5.75 Å². The van der Waals surface area contributed by atoms with Crippen LogP contribution in [0.2, 0.25) is 0 Å². The van der Waals surface area contributed by atoms with E-state index >= 15 is 0 Å². The Morgan fingerprint density at radius 1 is 1.00 bits per heavy atom. The van der Waals surface area contributed by atoms with Crippen LogP contribution in [0, 0.1) is 0 Å². The number of methoxy groups -OCH3 is 1. The minimum Gasteiger partial charge on any atom is -0.497 e. The van der Waals surface area contributed by atoms with Crippen LogP contribution in [0.5, 0.6) is 5.75 Å². The number of rotatable bonds is 6. The van der Waals surface area contributed by atoms with Crippen LogP contribution < -0.4 is 14.5 Å². The van der Waals surface area contributed by atoms with Gasteiger partial charge in [-0.1, -0.05) is 30.4 Å². The number of hydrogen-bond donors (Lipinski definition) is 0. The second-order valence-electron chi connectivity index (χ2n) is 6.88. The third kappa shape index (κ3) is 4.79. The molecule has 138 valence electrons. The lowest BCUT2D eigenvalue weighted by Gasteiger charge is -2.35. The molecule has 3 rings (SSSR count). The lowest BCUT2D eigenvalue weighted by atomic mass is 10.2. The molecule has 1 fully saturated rings. The van der Waals surface area contributed by atoms with Gasteiger partial charge in [-0.25, -0.2) is 0 Å². The highest BCUT2D eigenvalue weighted by Crippen LogP contribution is 2.22. The second-order valence-corrected chi connectivity index (χ2v) is 6.88. The Bertz CT molecular complexity index is 716. The Labute approximate surface area is 157 Å². The first kappa shape index (κ1) is 18.3. The molecule has 2 aromatic rings. The van der Waals surface area contributed by atoms with Crippen LogP contribution in [0.15, 0.2) is 54.6 Å². The molecule has 0 amide bonds. The maximum atomic E-state index is 5.33. The predicted octanol–water partition coefficient (Wildman–Crippen LogP) is 3.60. The van der Waals surface area contributed by atoms with E-state index in [1.165, 1.54) is 16.9 Å². The molecule has 2 aromatic carbocycles. The zero-order valence-electron chi connectivity index (χ0n) is 16.1. The van der Waals surface area contributed by atoms with Crippen LogP contribution in [0.4, 0.5) is 11.4 Å². The molecule has 0 aromatic heterocycles. The second kappa shape index (κ2) is 8.77. The van der Waals surface area contributed by atoms with Gasteiger partial charge in [0.2, 0.25) is 0 Å². The first-order valence-corrected chi connectivity index (χ1v) is 9.21. The lowest BCUT2D eigenvalue weighted by Crippen LogP contribution is -2.46. The summed E-state index contributed by atoms with van der Waals surface area (Å²) in [7, 11) is 5.85. The quantitative estimate of drug-likeness (QED) is 0.791. The predicted molar refractivity (Wildman–Crippen MR) is 111 cm³/mol. The first-order valence-electron chi connectivity index (χ1n) is 9.21. The summed E-state index contributed by atoms with van der Waals surface area (Å²) >= 11 is 0. The summed E-state index contributed by atoms with van der Waals surface area (Å²) in [6.07, 6.45) is 4.49. The molecule has 1 aliphatic heterocycles. The Morgan fingerprint density at radius 2 is 1.73 bits per heavy atom. The van der Waals surface area contributed by atoms with Crippen molar-refractivity contribution < 1.29 is 4.74 Å². The third-order valence-electron chi connectivity index (χ3n) is 4.87. The van der Waals surface area contributed by atoms with E-state index < -0.39 is 0 Å². The normalized spacial score (nSPS) is 15.4. The highest BCUT2D eigenvalue weighted by Gasteiger charge is 2.16. The fourth-order valence-electron chi connectivity index (χ4n) is 3.22. The number of anilines is 2. The highest BCUT2D eigenvalue weighted by molar-refractivity contribution is 5.55. The minimum atomic E-state index is 0.924. The average molecular weight is 351 g/mol. The van der Waals surface area contributed by atoms with Crippen molar-refractivity contribution in [1.82, 2.24) is 4.90 Å². The molecular weight excluding hydrogens is 322 g/mol. The molecular formula is C22H29N3O. The molecule has 4 heteroatoms. The molecule has 0 saturated carbocycles. The van der Waals surface area contributed by atoms with E-state index in [1.54, 1.807) is 7.11 Å². The zero-order chi connectivity index (χ0) is 18.4. The zero-order valence-corrected chi connectivity index (χ0v) is 16.1. The van der Waals surface area contributed by atoms with Gasteiger partial charge < -0.3 is 14.5 Å². The number of ether oxygens (including phenoxy) is 1. The van der Waals surface area contributed by atoms with E-state index in [-0.39, 0.29) is 0 Å². The summed E-state index contributed by atoms with van der Waals surface area (Å²) in [5.41, 5.74) is 3.74. The van der Waals surface area contributed by atoms with Crippen molar-refractivity contribution in [2.45, 2.75) is 0 Å². The van der Waals surface area contributed by atoms with Crippen molar-refractivity contribution in [2.24, 2.45) is 0 Å². The summed E-state index contributed by atoms with van der Waals surface area (Å²) in [6, 6.07) is 17.0. The molecule has 0 N–H and O–H groups in total. The van der Waals surface area contributed by atoms with Crippen molar-refractivity contribution in [2.75, 3.05) is 63.7 Å². The third-order valence-corrected chi connectivity index (χ3v) is 4.87. The monoisotopic (exact) mass is 351 g/mol. The van der Waals surface area contributed by atoms with Crippen molar-refractivity contribution >= 4 is 17.5 Å². The topological polar surface area (TPSA) is 19.0 Å². The summed E-state index contributed by atoms with van der Waals surface area (Å²) in [5, 5.41) is 0. The van der Waals surface area contributed by atoms with Crippen molar-refractivity contribution in [3.8, 4) is 5.75 Å². The Balaban J connectivity index is 1.47. The Kier molecular flexibility index (Phi) is 6.18. The average Bonchev–Trinajstić information content (AvgIpc) is 2.69. The van der Waals surface area contributed by atoms with Crippen molar-refractivity contribution in [3.63, 3.8) is 0 Å². The fraction of sp³-hybridized carbons (Fsp3) is 0.364. The summed E-state index contributed by atoms with van der Waals surface area (Å²) in [5.74, 6) is 0.924. The van der Waals surface area contributed by atoms with Gasteiger partial charge >= 0.3 is 0 Å². The van der Waals surface area contributed by atoms with Gasteiger partial charge in [0.25, 0.3) is 0 Å². The number of nitrogens with zero attached hydrogens (tertiary/aromatic N) is 3. The molecule has 0 bridgehead atoms. The summed E-state index contributed by atoms with van der Waals surface area (Å²) in [4.78, 5) is 7.05. The van der Waals surface area contributed by atoms with Crippen molar-refractivity contribution in [3.05, 3.63) is 60.2 Å². The molecule has 1 aliphatic rings. The SMILES string of the molecule is COc1cccc(N2CCN(C/C=C/c3ccc(N(C)C)cc3)CC2)c1. The van der Waals surface area contributed by atoms with Gasteiger partial charge in [0.15, 0.2) is 0 Å². The van der Waals surface area contributed by atoms with Crippen LogP contribution in [0.25, 0.3) is 6.08 Å². The van der Waals surface area contributed by atoms with E-state index in [0.29, 0.717) is 0 Å². The minimum absolute atomic E-state index is 0.924. The first-order chi connectivity index (χ1) is 12.7. The van der Waals surface area contributed by atoms with Gasteiger partial charge in [-0.05, 0) is 29.8 Å². The van der Waals surface area contributed by atoms with Crippen LogP contribution in [-0.2, 0) is 0 Å². The molecule has 26 heavy (non-hydrogen) atoms. The van der Waals surface area contributed by atoms with Gasteiger partial charge in [-0.2, -0.15) is 0 Å². The number of piperazine rings is 1. The van der Waals surface area contributed by atoms with E-state index in [1.807, 2.05) is 6.07 Å². The molecule has 0 radical (unpaired) electrons. The Hall–Kier alpha value is -2.46. The van der Waals surface area contributed by atoms with E-state index in [2.05, 4.69) is 83.4 Å². The maximum Gasteiger partial charge on any atom is 0.120 e. The lowest BCUT2D eigenvalue weighted by molar-refractivity contribution is 0.284. The van der Waals surface area contributed by atoms with Gasteiger partial charge in [0.05, 0.1) is 7.11 Å². The summed E-state index contributed by atoms with van der Waals surface area (Å²) in [6.45, 7) is 5.28. The maximum absolute atomic E-state index is 5.33. The number of benzene rings is 2. The molecule has 0 atom stereocenters. The molecule has 0 spiro atoms. The molecule has 4 nitrogen and oxygen atoms in total. The van der Waals surface area contributed by atoms with E-state index in [9.17, 15) is 0 Å². The Morgan fingerprint density at radius 3 is 2.38 bits per heavy atom. The van der Waals surface area contributed by atoms with E-state index in [0.717, 1.165) is 38.5 Å². The molecule has 1 heterocycles. The molecule has 1 saturated heterocycles.